The number of piperazine rings is 1. The molecule has 1 saturated heterocycles. The Labute approximate surface area is 180 Å². The van der Waals surface area contributed by atoms with Gasteiger partial charge in [0.2, 0.25) is 5.91 Å². The first-order valence-corrected chi connectivity index (χ1v) is 10.0. The second-order valence-electron chi connectivity index (χ2n) is 7.00. The lowest BCUT2D eigenvalue weighted by molar-refractivity contribution is -0.384. The molecule has 1 N–H and O–H groups in total. The van der Waals surface area contributed by atoms with Crippen molar-refractivity contribution in [2.45, 2.75) is 13.0 Å². The third-order valence-corrected chi connectivity index (χ3v) is 5.22. The lowest BCUT2D eigenvalue weighted by Crippen LogP contribution is -2.53. The molecule has 0 aromatic heterocycles. The minimum atomic E-state index is -0.413. The standard InChI is InChI=1S/C21H24ClN5O3/c1-23-21(24-15-16-5-7-19(8-6-16)27(29)30)26-11-9-25(10-12-26)20(28)14-17-3-2-4-18(22)13-17/h2-8,13H,9-12,14-15H2,1H3,(H,23,24). The molecule has 0 atom stereocenters. The number of nitro benzene ring substituents is 1. The fraction of sp³-hybridized carbons (Fsp3) is 0.333. The van der Waals surface area contributed by atoms with E-state index in [9.17, 15) is 14.9 Å². The molecule has 1 heterocycles. The molecular weight excluding hydrogens is 406 g/mol. The van der Waals surface area contributed by atoms with E-state index >= 15 is 0 Å². The van der Waals surface area contributed by atoms with Crippen molar-refractivity contribution in [3.8, 4) is 0 Å². The maximum Gasteiger partial charge on any atom is 0.269 e. The van der Waals surface area contributed by atoms with Crippen molar-refractivity contribution in [1.29, 1.82) is 0 Å². The molecule has 8 nitrogen and oxygen atoms in total. The number of nitrogens with zero attached hydrogens (tertiary/aromatic N) is 4. The third-order valence-electron chi connectivity index (χ3n) is 4.99. The number of nitrogens with one attached hydrogen (secondary N) is 1. The van der Waals surface area contributed by atoms with Gasteiger partial charge in [-0.05, 0) is 23.3 Å². The molecule has 1 aliphatic heterocycles. The number of halogens is 1. The van der Waals surface area contributed by atoms with Crippen molar-refractivity contribution in [3.05, 3.63) is 74.8 Å². The van der Waals surface area contributed by atoms with Gasteiger partial charge in [0.15, 0.2) is 5.96 Å². The Bertz CT molecular complexity index is 924. The summed E-state index contributed by atoms with van der Waals surface area (Å²) in [4.78, 5) is 31.2. The Morgan fingerprint density at radius 2 is 1.77 bits per heavy atom. The van der Waals surface area contributed by atoms with Crippen LogP contribution in [0.15, 0.2) is 53.5 Å². The zero-order valence-corrected chi connectivity index (χ0v) is 17.5. The fourth-order valence-corrected chi connectivity index (χ4v) is 3.56. The Morgan fingerprint density at radius 1 is 1.10 bits per heavy atom. The van der Waals surface area contributed by atoms with Gasteiger partial charge >= 0.3 is 0 Å². The zero-order valence-electron chi connectivity index (χ0n) is 16.8. The molecule has 1 fully saturated rings. The van der Waals surface area contributed by atoms with Crippen LogP contribution in [0.3, 0.4) is 0 Å². The summed E-state index contributed by atoms with van der Waals surface area (Å²) in [6, 6.07) is 13.8. The topological polar surface area (TPSA) is 91.1 Å². The minimum Gasteiger partial charge on any atom is -0.352 e. The molecule has 2 aromatic rings. The average Bonchev–Trinajstić information content (AvgIpc) is 2.75. The highest BCUT2D eigenvalue weighted by Crippen LogP contribution is 2.14. The van der Waals surface area contributed by atoms with Crippen LogP contribution in [0.25, 0.3) is 0 Å². The number of benzene rings is 2. The van der Waals surface area contributed by atoms with Gasteiger partial charge < -0.3 is 15.1 Å². The normalized spacial score (nSPS) is 14.5. The van der Waals surface area contributed by atoms with Gasteiger partial charge in [-0.3, -0.25) is 19.9 Å². The van der Waals surface area contributed by atoms with Gasteiger partial charge in [-0.2, -0.15) is 0 Å². The van der Waals surface area contributed by atoms with E-state index in [1.165, 1.54) is 12.1 Å². The van der Waals surface area contributed by atoms with Gasteiger partial charge in [0.1, 0.15) is 0 Å². The van der Waals surface area contributed by atoms with Crippen molar-refractivity contribution in [2.75, 3.05) is 33.2 Å². The molecule has 2 aromatic carbocycles. The van der Waals surface area contributed by atoms with Crippen LogP contribution in [0, 0.1) is 10.1 Å². The summed E-state index contributed by atoms with van der Waals surface area (Å²) in [6.07, 6.45) is 0.341. The SMILES string of the molecule is CN=C(NCc1ccc([N+](=O)[O-])cc1)N1CCN(C(=O)Cc2cccc(Cl)c2)CC1. The number of carbonyl (C=O) groups is 1. The number of hydrogen-bond donors (Lipinski definition) is 1. The molecule has 1 aliphatic rings. The number of amides is 1. The fourth-order valence-electron chi connectivity index (χ4n) is 3.35. The van der Waals surface area contributed by atoms with Crippen molar-refractivity contribution in [3.63, 3.8) is 0 Å². The van der Waals surface area contributed by atoms with Crippen LogP contribution in [0.5, 0.6) is 0 Å². The summed E-state index contributed by atoms with van der Waals surface area (Å²) in [5.74, 6) is 0.834. The summed E-state index contributed by atoms with van der Waals surface area (Å²) < 4.78 is 0. The van der Waals surface area contributed by atoms with E-state index < -0.39 is 4.92 Å². The number of guanidine groups is 1. The van der Waals surface area contributed by atoms with Crippen molar-refractivity contribution in [1.82, 2.24) is 15.1 Å². The Balaban J connectivity index is 1.49. The third kappa shape index (κ3) is 5.70. The highest BCUT2D eigenvalue weighted by Gasteiger charge is 2.23. The number of hydrogen-bond acceptors (Lipinski definition) is 4. The largest absolute Gasteiger partial charge is 0.352 e. The van der Waals surface area contributed by atoms with Crippen LogP contribution >= 0.6 is 11.6 Å². The highest BCUT2D eigenvalue weighted by molar-refractivity contribution is 6.30. The van der Waals surface area contributed by atoms with Gasteiger partial charge in [-0.15, -0.1) is 0 Å². The minimum absolute atomic E-state index is 0.0710. The van der Waals surface area contributed by atoms with Crippen molar-refractivity contribution >= 4 is 29.2 Å². The van der Waals surface area contributed by atoms with Gasteiger partial charge in [-0.1, -0.05) is 35.9 Å². The van der Waals surface area contributed by atoms with Gasteiger partial charge in [0.25, 0.3) is 5.69 Å². The van der Waals surface area contributed by atoms with Gasteiger partial charge in [-0.25, -0.2) is 0 Å². The monoisotopic (exact) mass is 429 g/mol. The highest BCUT2D eigenvalue weighted by atomic mass is 35.5. The summed E-state index contributed by atoms with van der Waals surface area (Å²) in [7, 11) is 1.72. The zero-order chi connectivity index (χ0) is 21.5. The number of non-ortho nitro benzene ring substituents is 1. The van der Waals surface area contributed by atoms with Crippen LogP contribution in [0.4, 0.5) is 5.69 Å². The van der Waals surface area contributed by atoms with Crippen LogP contribution in [-0.2, 0) is 17.8 Å². The van der Waals surface area contributed by atoms with Crippen LogP contribution in [-0.4, -0.2) is 59.8 Å². The lowest BCUT2D eigenvalue weighted by Gasteiger charge is -2.36. The van der Waals surface area contributed by atoms with Crippen molar-refractivity contribution in [2.24, 2.45) is 4.99 Å². The Hall–Kier alpha value is -3.13. The molecule has 3 rings (SSSR count). The number of nitro groups is 1. The maximum atomic E-state index is 12.6. The quantitative estimate of drug-likeness (QED) is 0.341. The van der Waals surface area contributed by atoms with E-state index in [2.05, 4.69) is 15.2 Å². The van der Waals surface area contributed by atoms with E-state index in [4.69, 9.17) is 11.6 Å². The average molecular weight is 430 g/mol. The van der Waals surface area contributed by atoms with Gasteiger partial charge in [0.05, 0.1) is 11.3 Å². The predicted octanol–water partition coefficient (Wildman–Crippen LogP) is 2.71. The summed E-state index contributed by atoms with van der Waals surface area (Å²) in [5.41, 5.74) is 1.91. The second-order valence-corrected chi connectivity index (χ2v) is 7.44. The smallest absolute Gasteiger partial charge is 0.269 e. The lowest BCUT2D eigenvalue weighted by atomic mass is 10.1. The summed E-state index contributed by atoms with van der Waals surface area (Å²) >= 11 is 6.00. The second kappa shape index (κ2) is 10.1. The van der Waals surface area contributed by atoms with Crippen LogP contribution < -0.4 is 5.32 Å². The molecule has 0 aliphatic carbocycles. The number of aliphatic imine (C=N–C) groups is 1. The molecule has 1 amide bonds. The van der Waals surface area contributed by atoms with Crippen LogP contribution in [0.1, 0.15) is 11.1 Å². The van der Waals surface area contributed by atoms with E-state index in [1.807, 2.05) is 23.1 Å². The van der Waals surface area contributed by atoms with Gasteiger partial charge in [0, 0.05) is 56.9 Å². The Morgan fingerprint density at radius 3 is 2.37 bits per heavy atom. The van der Waals surface area contributed by atoms with E-state index in [1.54, 1.807) is 25.2 Å². The Kier molecular flexibility index (Phi) is 7.24. The molecule has 0 unspecified atom stereocenters. The molecule has 9 heteroatoms. The molecule has 0 radical (unpaired) electrons. The van der Waals surface area contributed by atoms with Crippen LogP contribution in [0.2, 0.25) is 5.02 Å². The van der Waals surface area contributed by atoms with E-state index in [-0.39, 0.29) is 11.6 Å². The molecule has 0 spiro atoms. The number of carbonyl (C=O) groups excluding carboxylic acids is 1. The first-order valence-electron chi connectivity index (χ1n) is 9.67. The summed E-state index contributed by atoms with van der Waals surface area (Å²) in [6.45, 7) is 3.12. The van der Waals surface area contributed by atoms with Crippen molar-refractivity contribution < 1.29 is 9.72 Å². The molecule has 0 bridgehead atoms. The maximum absolute atomic E-state index is 12.6. The molecule has 30 heavy (non-hydrogen) atoms. The predicted molar refractivity (Wildman–Crippen MR) is 117 cm³/mol. The first kappa shape index (κ1) is 21.6. The first-order chi connectivity index (χ1) is 14.5. The summed E-state index contributed by atoms with van der Waals surface area (Å²) in [5, 5.41) is 14.7. The molecule has 0 saturated carbocycles. The number of rotatable bonds is 5. The molecule has 158 valence electrons. The van der Waals surface area contributed by atoms with E-state index in [0.717, 1.165) is 17.1 Å². The molecular formula is C21H24ClN5O3. The van der Waals surface area contributed by atoms with E-state index in [0.29, 0.717) is 44.2 Å².